The lowest BCUT2D eigenvalue weighted by molar-refractivity contribution is -0.114. The minimum atomic E-state index is -1.51. The number of hydrogen-bond donors (Lipinski definition) is 1. The molecule has 0 bridgehead atoms. The Bertz CT molecular complexity index is 1200. The quantitative estimate of drug-likeness (QED) is 0.667. The second-order valence-corrected chi connectivity index (χ2v) is 8.48. The van der Waals surface area contributed by atoms with E-state index >= 15 is 0 Å². The zero-order valence-corrected chi connectivity index (χ0v) is 16.7. The molecule has 0 spiro atoms. The maximum absolute atomic E-state index is 13.7. The molecule has 1 amide bonds. The fourth-order valence-electron chi connectivity index (χ4n) is 4.07. The molecule has 0 radical (unpaired) electrons. The van der Waals surface area contributed by atoms with E-state index < -0.39 is 11.0 Å². The normalized spacial score (nSPS) is 19.9. The summed E-state index contributed by atoms with van der Waals surface area (Å²) in [4.78, 5) is 11.8. The van der Waals surface area contributed by atoms with Gasteiger partial charge < -0.3 is 4.74 Å². The molecule has 0 saturated carbocycles. The van der Waals surface area contributed by atoms with E-state index in [0.29, 0.717) is 10.7 Å². The van der Waals surface area contributed by atoms with E-state index in [9.17, 15) is 13.4 Å². The van der Waals surface area contributed by atoms with E-state index in [4.69, 9.17) is 4.74 Å². The van der Waals surface area contributed by atoms with Crippen molar-refractivity contribution in [3.05, 3.63) is 95.3 Å². The topological polar surface area (TPSA) is 55.4 Å². The van der Waals surface area contributed by atoms with Crippen LogP contribution in [0.3, 0.4) is 0 Å². The molecule has 1 aliphatic heterocycles. The third-order valence-electron chi connectivity index (χ3n) is 5.42. The number of hydrogen-bond acceptors (Lipinski definition) is 3. The maximum Gasteiger partial charge on any atom is 0.257 e. The molecule has 1 heterocycles. The van der Waals surface area contributed by atoms with Gasteiger partial charge in [0.25, 0.3) is 5.91 Å². The van der Waals surface area contributed by atoms with Gasteiger partial charge in [-0.15, -0.1) is 0 Å². The number of carbonyl (C=O) groups is 1. The molecule has 6 heteroatoms. The largest absolute Gasteiger partial charge is 0.486 e. The summed E-state index contributed by atoms with van der Waals surface area (Å²) in [6.07, 6.45) is 2.98. The number of benzene rings is 3. The summed E-state index contributed by atoms with van der Waals surface area (Å²) in [5.74, 6) is 0.114. The smallest absolute Gasteiger partial charge is 0.257 e. The Kier molecular flexibility index (Phi) is 4.71. The highest BCUT2D eigenvalue weighted by Gasteiger charge is 2.27. The molecule has 150 valence electrons. The van der Waals surface area contributed by atoms with Gasteiger partial charge in [0.15, 0.2) is 11.0 Å². The lowest BCUT2D eigenvalue weighted by atomic mass is 9.96. The standard InChI is InChI=1S/C24H18FNO3S/c25-17-4-1-3-16(13-17)19-5-2-6-21-20(19)11-12-22(21)29-18-9-7-15(8-10-18)23-14-24(27)26-30(23)28/h1-10,13-14,22H,11-12H2,(H,26,27)/t22-,30?/m1/s1. The van der Waals surface area contributed by atoms with E-state index in [1.54, 1.807) is 24.3 Å². The molecule has 30 heavy (non-hydrogen) atoms. The zero-order valence-electron chi connectivity index (χ0n) is 15.9. The van der Waals surface area contributed by atoms with Crippen molar-refractivity contribution < 1.29 is 18.1 Å². The third kappa shape index (κ3) is 3.44. The van der Waals surface area contributed by atoms with E-state index in [1.165, 1.54) is 17.7 Å². The second-order valence-electron chi connectivity index (χ2n) is 7.30. The van der Waals surface area contributed by atoms with Crippen LogP contribution in [0.1, 0.15) is 29.2 Å². The van der Waals surface area contributed by atoms with Gasteiger partial charge >= 0.3 is 0 Å². The molecule has 2 aliphatic rings. The first-order valence-electron chi connectivity index (χ1n) is 9.67. The molecule has 0 saturated heterocycles. The molecule has 1 unspecified atom stereocenters. The molecular weight excluding hydrogens is 401 g/mol. The summed E-state index contributed by atoms with van der Waals surface area (Å²) in [5, 5.41) is 0. The summed E-state index contributed by atoms with van der Waals surface area (Å²) in [6, 6.07) is 20.0. The number of fused-ring (bicyclic) bond motifs is 1. The van der Waals surface area contributed by atoms with Gasteiger partial charge in [-0.1, -0.05) is 42.5 Å². The van der Waals surface area contributed by atoms with Crippen molar-refractivity contribution in [1.29, 1.82) is 0 Å². The van der Waals surface area contributed by atoms with Gasteiger partial charge in [-0.2, -0.15) is 0 Å². The van der Waals surface area contributed by atoms with Crippen LogP contribution in [0.4, 0.5) is 4.39 Å². The van der Waals surface area contributed by atoms with E-state index in [-0.39, 0.29) is 17.8 Å². The Balaban J connectivity index is 1.38. The first-order chi connectivity index (χ1) is 14.6. The van der Waals surface area contributed by atoms with E-state index in [0.717, 1.165) is 35.1 Å². The third-order valence-corrected chi connectivity index (χ3v) is 6.56. The van der Waals surface area contributed by atoms with Crippen LogP contribution in [0, 0.1) is 5.82 Å². The van der Waals surface area contributed by atoms with Gasteiger partial charge in [-0.3, -0.25) is 9.52 Å². The van der Waals surface area contributed by atoms with Crippen LogP contribution in [0.5, 0.6) is 5.75 Å². The number of halogens is 1. The minimum Gasteiger partial charge on any atom is -0.486 e. The van der Waals surface area contributed by atoms with Crippen LogP contribution >= 0.6 is 0 Å². The van der Waals surface area contributed by atoms with Gasteiger partial charge in [0, 0.05) is 6.08 Å². The molecule has 1 aliphatic carbocycles. The van der Waals surface area contributed by atoms with Crippen LogP contribution in [0.25, 0.3) is 16.0 Å². The molecule has 3 aromatic rings. The number of carbonyl (C=O) groups excluding carboxylic acids is 1. The molecule has 1 N–H and O–H groups in total. The maximum atomic E-state index is 13.7. The van der Waals surface area contributed by atoms with Crippen molar-refractivity contribution >= 4 is 21.8 Å². The second kappa shape index (κ2) is 7.54. The monoisotopic (exact) mass is 419 g/mol. The molecular formula is C24H18FNO3S. The highest BCUT2D eigenvalue weighted by molar-refractivity contribution is 7.93. The van der Waals surface area contributed by atoms with Crippen LogP contribution in [0.2, 0.25) is 0 Å². The fourth-order valence-corrected chi connectivity index (χ4v) is 4.98. The zero-order chi connectivity index (χ0) is 20.7. The Morgan fingerprint density at radius 3 is 2.53 bits per heavy atom. The summed E-state index contributed by atoms with van der Waals surface area (Å²) in [7, 11) is -1.51. The summed E-state index contributed by atoms with van der Waals surface area (Å²) in [5.41, 5.74) is 4.95. The fraction of sp³-hybridized carbons (Fsp3) is 0.125. The molecule has 3 aromatic carbocycles. The van der Waals surface area contributed by atoms with Crippen LogP contribution in [-0.2, 0) is 22.2 Å². The Morgan fingerprint density at radius 2 is 1.80 bits per heavy atom. The average Bonchev–Trinajstić information content (AvgIpc) is 3.31. The first kappa shape index (κ1) is 18.8. The molecule has 2 atom stereocenters. The van der Waals surface area contributed by atoms with Crippen molar-refractivity contribution in [2.75, 3.05) is 0 Å². The van der Waals surface area contributed by atoms with Gasteiger partial charge in [-0.25, -0.2) is 8.60 Å². The van der Waals surface area contributed by atoms with Crippen molar-refractivity contribution in [2.45, 2.75) is 18.9 Å². The van der Waals surface area contributed by atoms with Crippen LogP contribution in [0.15, 0.2) is 72.8 Å². The number of nitrogens with one attached hydrogen (secondary N) is 1. The molecule has 4 nitrogen and oxygen atoms in total. The number of amides is 1. The lowest BCUT2D eigenvalue weighted by Gasteiger charge is -2.16. The summed E-state index contributed by atoms with van der Waals surface area (Å²) in [6.45, 7) is 0. The van der Waals surface area contributed by atoms with Crippen molar-refractivity contribution in [2.24, 2.45) is 0 Å². The highest BCUT2D eigenvalue weighted by Crippen LogP contribution is 2.40. The molecule has 0 aromatic heterocycles. The average molecular weight is 419 g/mol. The Labute approximate surface area is 176 Å². The Morgan fingerprint density at radius 1 is 1.00 bits per heavy atom. The van der Waals surface area contributed by atoms with Crippen molar-refractivity contribution in [1.82, 2.24) is 4.72 Å². The molecule has 0 fully saturated rings. The van der Waals surface area contributed by atoms with E-state index in [1.807, 2.05) is 30.3 Å². The molecule has 5 rings (SSSR count). The van der Waals surface area contributed by atoms with E-state index in [2.05, 4.69) is 10.8 Å². The van der Waals surface area contributed by atoms with Crippen LogP contribution < -0.4 is 9.46 Å². The Hall–Kier alpha value is -3.25. The van der Waals surface area contributed by atoms with Gasteiger partial charge in [0.05, 0.1) is 4.91 Å². The lowest BCUT2D eigenvalue weighted by Crippen LogP contribution is -2.16. The minimum absolute atomic E-state index is 0.0811. The predicted octanol–water partition coefficient (Wildman–Crippen LogP) is 4.69. The summed E-state index contributed by atoms with van der Waals surface area (Å²) >= 11 is 0. The van der Waals surface area contributed by atoms with Crippen molar-refractivity contribution in [3.63, 3.8) is 0 Å². The number of rotatable bonds is 4. The van der Waals surface area contributed by atoms with Gasteiger partial charge in [0.1, 0.15) is 17.7 Å². The highest BCUT2D eigenvalue weighted by atomic mass is 32.2. The van der Waals surface area contributed by atoms with Gasteiger partial charge in [-0.05, 0) is 64.9 Å². The van der Waals surface area contributed by atoms with Gasteiger partial charge in [0.2, 0.25) is 0 Å². The van der Waals surface area contributed by atoms with Crippen LogP contribution in [-0.4, -0.2) is 10.1 Å². The predicted molar refractivity (Wildman–Crippen MR) is 114 cm³/mol. The van der Waals surface area contributed by atoms with Crippen molar-refractivity contribution in [3.8, 4) is 16.9 Å². The first-order valence-corrected chi connectivity index (χ1v) is 10.8. The SMILES string of the molecule is O=C1C=C(c2ccc(O[C@@H]3CCc4c(-c5cccc(F)c5)cccc43)cc2)S(=O)N1. The summed E-state index contributed by atoms with van der Waals surface area (Å²) < 4.78 is 34.2. The number of ether oxygens (including phenoxy) is 1.